The second-order valence-electron chi connectivity index (χ2n) is 6.60. The maximum Gasteiger partial charge on any atom is 0.262 e. The van der Waals surface area contributed by atoms with Crippen molar-refractivity contribution in [2.75, 3.05) is 5.32 Å². The average molecular weight is 434 g/mol. The van der Waals surface area contributed by atoms with Crippen LogP contribution in [0.3, 0.4) is 0 Å². The Balaban J connectivity index is 1.48. The van der Waals surface area contributed by atoms with Crippen molar-refractivity contribution in [1.82, 2.24) is 10.3 Å². The van der Waals surface area contributed by atoms with Gasteiger partial charge in [0, 0.05) is 29.2 Å². The Labute approximate surface area is 182 Å². The lowest BCUT2D eigenvalue weighted by molar-refractivity contribution is -0.118. The summed E-state index contributed by atoms with van der Waals surface area (Å²) in [6.07, 6.45) is 2.17. The Morgan fingerprint density at radius 3 is 2.37 bits per heavy atom. The zero-order chi connectivity index (χ0) is 20.8. The fourth-order valence-electron chi connectivity index (χ4n) is 2.99. The predicted octanol–water partition coefficient (Wildman–Crippen LogP) is 4.85. The number of nitrogens with zero attached hydrogens (tertiary/aromatic N) is 1. The number of aromatic nitrogens is 1. The third-order valence-electron chi connectivity index (χ3n) is 4.48. The van der Waals surface area contributed by atoms with E-state index in [1.165, 1.54) is 11.3 Å². The smallest absolute Gasteiger partial charge is 0.262 e. The van der Waals surface area contributed by atoms with E-state index in [0.717, 1.165) is 16.1 Å². The van der Waals surface area contributed by atoms with Gasteiger partial charge in [-0.15, -0.1) is 22.7 Å². The average Bonchev–Trinajstić information content (AvgIpc) is 3.49. The number of hydrogen-bond donors (Lipinski definition) is 2. The maximum absolute atomic E-state index is 13.0. The van der Waals surface area contributed by atoms with Gasteiger partial charge in [0.05, 0.1) is 4.88 Å². The van der Waals surface area contributed by atoms with E-state index in [9.17, 15) is 9.59 Å². The molecule has 0 aliphatic rings. The van der Waals surface area contributed by atoms with Crippen molar-refractivity contribution in [2.45, 2.75) is 12.5 Å². The Kier molecular flexibility index (Phi) is 6.32. The number of thiophene rings is 1. The number of rotatable bonds is 7. The van der Waals surface area contributed by atoms with Crippen LogP contribution in [0.1, 0.15) is 15.2 Å². The van der Waals surface area contributed by atoms with E-state index in [1.807, 2.05) is 71.4 Å². The number of hydrogen-bond acceptors (Lipinski definition) is 5. The molecule has 0 fully saturated rings. The highest BCUT2D eigenvalue weighted by Gasteiger charge is 2.22. The van der Waals surface area contributed by atoms with Crippen molar-refractivity contribution in [3.63, 3.8) is 0 Å². The van der Waals surface area contributed by atoms with Crippen molar-refractivity contribution in [3.05, 3.63) is 94.1 Å². The van der Waals surface area contributed by atoms with Crippen LogP contribution in [0.25, 0.3) is 10.6 Å². The molecule has 7 heteroatoms. The Bertz CT molecular complexity index is 1090. The minimum Gasteiger partial charge on any atom is -0.339 e. The molecule has 0 saturated heterocycles. The fraction of sp³-hybridized carbons (Fsp3) is 0.0870. The molecule has 1 atom stereocenters. The van der Waals surface area contributed by atoms with Crippen LogP contribution in [0.15, 0.2) is 83.7 Å². The van der Waals surface area contributed by atoms with E-state index in [1.54, 1.807) is 23.6 Å². The highest BCUT2D eigenvalue weighted by Crippen LogP contribution is 2.23. The van der Waals surface area contributed by atoms with Crippen molar-refractivity contribution >= 4 is 40.2 Å². The molecule has 2 amide bonds. The highest BCUT2D eigenvalue weighted by atomic mass is 32.1. The summed E-state index contributed by atoms with van der Waals surface area (Å²) in [7, 11) is 0. The van der Waals surface area contributed by atoms with Crippen molar-refractivity contribution in [3.8, 4) is 10.6 Å². The number of nitrogens with one attached hydrogen (secondary N) is 2. The first-order valence-corrected chi connectivity index (χ1v) is 11.1. The minimum atomic E-state index is -0.694. The van der Waals surface area contributed by atoms with Gasteiger partial charge in [-0.25, -0.2) is 4.98 Å². The van der Waals surface area contributed by atoms with E-state index in [0.29, 0.717) is 17.0 Å². The summed E-state index contributed by atoms with van der Waals surface area (Å²) < 4.78 is 0. The van der Waals surface area contributed by atoms with E-state index in [2.05, 4.69) is 15.6 Å². The summed E-state index contributed by atoms with van der Waals surface area (Å²) in [5, 5.41) is 10.5. The number of thiazole rings is 1. The monoisotopic (exact) mass is 433 g/mol. The van der Waals surface area contributed by atoms with E-state index in [-0.39, 0.29) is 11.8 Å². The summed E-state index contributed by atoms with van der Waals surface area (Å²) in [6, 6.07) is 20.0. The van der Waals surface area contributed by atoms with Gasteiger partial charge in [-0.2, -0.15) is 0 Å². The summed E-state index contributed by atoms with van der Waals surface area (Å²) in [5.41, 5.74) is 2.64. The quantitative estimate of drug-likeness (QED) is 0.438. The molecule has 0 saturated carbocycles. The van der Waals surface area contributed by atoms with Crippen LogP contribution in [0, 0.1) is 0 Å². The zero-order valence-corrected chi connectivity index (χ0v) is 17.6. The van der Waals surface area contributed by atoms with Crippen LogP contribution in [0.4, 0.5) is 5.69 Å². The van der Waals surface area contributed by atoms with E-state index >= 15 is 0 Å². The molecule has 2 N–H and O–H groups in total. The lowest BCUT2D eigenvalue weighted by Crippen LogP contribution is -2.45. The largest absolute Gasteiger partial charge is 0.339 e. The fourth-order valence-corrected chi connectivity index (χ4v) is 4.26. The van der Waals surface area contributed by atoms with Gasteiger partial charge in [-0.1, -0.05) is 36.4 Å². The second-order valence-corrected chi connectivity index (χ2v) is 8.44. The summed E-state index contributed by atoms with van der Waals surface area (Å²) in [4.78, 5) is 30.4. The number of carbonyl (C=O) groups is 2. The van der Waals surface area contributed by atoms with Crippen molar-refractivity contribution in [1.29, 1.82) is 0 Å². The Morgan fingerprint density at radius 2 is 1.70 bits per heavy atom. The lowest BCUT2D eigenvalue weighted by atomic mass is 10.0. The van der Waals surface area contributed by atoms with Gasteiger partial charge in [-0.3, -0.25) is 9.59 Å². The van der Waals surface area contributed by atoms with Gasteiger partial charge in [0.15, 0.2) is 0 Å². The standard InChI is InChI=1S/C23H19N3O2S2/c27-21(25-18-10-8-17(9-11-18)23-24-12-14-30-23)19(15-16-5-2-1-3-6-16)26-22(28)20-7-4-13-29-20/h1-14,19H,15H2,(H,25,27)(H,26,28)/t19-/m0/s1. The maximum atomic E-state index is 13.0. The number of amides is 2. The van der Waals surface area contributed by atoms with E-state index < -0.39 is 6.04 Å². The van der Waals surface area contributed by atoms with Gasteiger partial charge in [0.2, 0.25) is 5.91 Å². The number of anilines is 1. The molecule has 4 rings (SSSR count). The number of benzene rings is 2. The molecule has 30 heavy (non-hydrogen) atoms. The molecule has 5 nitrogen and oxygen atoms in total. The highest BCUT2D eigenvalue weighted by molar-refractivity contribution is 7.13. The van der Waals surface area contributed by atoms with E-state index in [4.69, 9.17) is 0 Å². The molecule has 4 aromatic rings. The topological polar surface area (TPSA) is 71.1 Å². The zero-order valence-electron chi connectivity index (χ0n) is 15.9. The molecule has 0 bridgehead atoms. The molecule has 2 aromatic heterocycles. The molecule has 0 spiro atoms. The van der Waals surface area contributed by atoms with Crippen molar-refractivity contribution in [2.24, 2.45) is 0 Å². The summed E-state index contributed by atoms with van der Waals surface area (Å²) >= 11 is 2.91. The molecular formula is C23H19N3O2S2. The lowest BCUT2D eigenvalue weighted by Gasteiger charge is -2.18. The van der Waals surface area contributed by atoms with Crippen LogP contribution in [-0.4, -0.2) is 22.8 Å². The van der Waals surface area contributed by atoms with Crippen LogP contribution in [-0.2, 0) is 11.2 Å². The van der Waals surface area contributed by atoms with Gasteiger partial charge in [0.1, 0.15) is 11.0 Å². The Hall–Kier alpha value is -3.29. The van der Waals surface area contributed by atoms with Gasteiger partial charge in [-0.05, 0) is 41.3 Å². The van der Waals surface area contributed by atoms with Gasteiger partial charge >= 0.3 is 0 Å². The van der Waals surface area contributed by atoms with Gasteiger partial charge < -0.3 is 10.6 Å². The number of carbonyl (C=O) groups excluding carboxylic acids is 2. The molecule has 0 unspecified atom stereocenters. The third kappa shape index (κ3) is 5.00. The SMILES string of the molecule is O=C(N[C@@H](Cc1ccccc1)C(=O)Nc1ccc(-c2nccs2)cc1)c1cccs1. The second kappa shape index (κ2) is 9.47. The summed E-state index contributed by atoms with van der Waals surface area (Å²) in [5.74, 6) is -0.508. The Morgan fingerprint density at radius 1 is 0.900 bits per heavy atom. The molecule has 0 aliphatic carbocycles. The van der Waals surface area contributed by atoms with Crippen LogP contribution < -0.4 is 10.6 Å². The first-order chi connectivity index (χ1) is 14.7. The third-order valence-corrected chi connectivity index (χ3v) is 6.17. The van der Waals surface area contributed by atoms with Crippen molar-refractivity contribution < 1.29 is 9.59 Å². The van der Waals surface area contributed by atoms with Crippen LogP contribution in [0.2, 0.25) is 0 Å². The molecule has 0 radical (unpaired) electrons. The van der Waals surface area contributed by atoms with Crippen LogP contribution in [0.5, 0.6) is 0 Å². The molecular weight excluding hydrogens is 414 g/mol. The molecule has 2 heterocycles. The first kappa shape index (κ1) is 20.0. The van der Waals surface area contributed by atoms with Gasteiger partial charge in [0.25, 0.3) is 5.91 Å². The normalized spacial score (nSPS) is 11.6. The molecule has 150 valence electrons. The summed E-state index contributed by atoms with van der Waals surface area (Å²) in [6.45, 7) is 0. The molecule has 0 aliphatic heterocycles. The van der Waals surface area contributed by atoms with Crippen LogP contribution >= 0.6 is 22.7 Å². The first-order valence-electron chi connectivity index (χ1n) is 9.38. The minimum absolute atomic E-state index is 0.250. The predicted molar refractivity (Wildman–Crippen MR) is 122 cm³/mol. The molecule has 2 aromatic carbocycles.